The summed E-state index contributed by atoms with van der Waals surface area (Å²) < 4.78 is 3.96. The van der Waals surface area contributed by atoms with Gasteiger partial charge in [0.25, 0.3) is 0 Å². The Morgan fingerprint density at radius 2 is 2.08 bits per heavy atom. The van der Waals surface area contributed by atoms with E-state index in [2.05, 4.69) is 28.5 Å². The van der Waals surface area contributed by atoms with Crippen molar-refractivity contribution in [3.8, 4) is 0 Å². The lowest BCUT2D eigenvalue weighted by atomic mass is 9.85. The second kappa shape index (κ2) is 6.11. The molecule has 4 rings (SSSR count). The number of allylic oxidation sites excluding steroid dienone is 1. The van der Waals surface area contributed by atoms with Crippen LogP contribution in [0.25, 0.3) is 0 Å². The molecular formula is C19H27N5O. The Morgan fingerprint density at radius 3 is 2.68 bits per heavy atom. The normalized spacial score (nSPS) is 29.2. The number of aryl methyl sites for hydroxylation is 1. The highest BCUT2D eigenvalue weighted by atomic mass is 16.3. The van der Waals surface area contributed by atoms with Crippen LogP contribution in [0.5, 0.6) is 0 Å². The van der Waals surface area contributed by atoms with Crippen LogP contribution < -0.4 is 0 Å². The van der Waals surface area contributed by atoms with Gasteiger partial charge < -0.3 is 9.67 Å². The minimum absolute atomic E-state index is 0.405. The third-order valence-corrected chi connectivity index (χ3v) is 6.01. The summed E-state index contributed by atoms with van der Waals surface area (Å²) in [4.78, 5) is 7.00. The molecule has 2 bridgehead atoms. The van der Waals surface area contributed by atoms with Gasteiger partial charge in [0, 0.05) is 49.3 Å². The van der Waals surface area contributed by atoms with Gasteiger partial charge in [0.2, 0.25) is 0 Å². The predicted octanol–water partition coefficient (Wildman–Crippen LogP) is 2.13. The van der Waals surface area contributed by atoms with E-state index in [-0.39, 0.29) is 0 Å². The molecule has 4 heterocycles. The molecule has 0 saturated carbocycles. The van der Waals surface area contributed by atoms with Crippen LogP contribution >= 0.6 is 0 Å². The molecular weight excluding hydrogens is 314 g/mol. The van der Waals surface area contributed by atoms with Crippen molar-refractivity contribution >= 4 is 0 Å². The second-order valence-corrected chi connectivity index (χ2v) is 7.58. The number of piperidine rings is 1. The fraction of sp³-hybridized carbons (Fsp3) is 0.579. The summed E-state index contributed by atoms with van der Waals surface area (Å²) in [5, 5.41) is 15.7. The monoisotopic (exact) mass is 341 g/mol. The van der Waals surface area contributed by atoms with Crippen molar-refractivity contribution in [2.24, 2.45) is 7.05 Å². The maximum absolute atomic E-state index is 11.3. The molecule has 6 nitrogen and oxygen atoms in total. The van der Waals surface area contributed by atoms with Crippen LogP contribution in [0.2, 0.25) is 0 Å². The number of hydrogen-bond donors (Lipinski definition) is 1. The average molecular weight is 341 g/mol. The minimum atomic E-state index is -0.803. The summed E-state index contributed by atoms with van der Waals surface area (Å²) in [7, 11) is 1.96. The molecule has 0 radical (unpaired) electrons. The molecule has 134 valence electrons. The standard InChI is InChI=1S/C19H27N5O/c1-4-8-24-14(2)15(12-21-24)13-23-16-5-6-17(23)11-19(25,10-16)18-20-7-9-22(18)3/h4,7,9,12,16-17,25H,1,5-6,8,10-11,13H2,2-3H3/t16-,17-/m1/s1. The largest absolute Gasteiger partial charge is 0.382 e. The van der Waals surface area contributed by atoms with Gasteiger partial charge in [0.1, 0.15) is 11.4 Å². The highest BCUT2D eigenvalue weighted by Crippen LogP contribution is 2.45. The smallest absolute Gasteiger partial charge is 0.140 e. The van der Waals surface area contributed by atoms with Gasteiger partial charge in [0.05, 0.1) is 12.7 Å². The minimum Gasteiger partial charge on any atom is -0.382 e. The van der Waals surface area contributed by atoms with E-state index in [1.165, 1.54) is 11.3 Å². The number of imidazole rings is 1. The van der Waals surface area contributed by atoms with Crippen molar-refractivity contribution in [1.82, 2.24) is 24.2 Å². The zero-order chi connectivity index (χ0) is 17.6. The lowest BCUT2D eigenvalue weighted by molar-refractivity contribution is -0.0669. The Kier molecular flexibility index (Phi) is 4.04. The molecule has 2 atom stereocenters. The zero-order valence-electron chi connectivity index (χ0n) is 15.1. The van der Waals surface area contributed by atoms with Crippen molar-refractivity contribution < 1.29 is 5.11 Å². The molecule has 2 saturated heterocycles. The topological polar surface area (TPSA) is 59.1 Å². The molecule has 2 aromatic heterocycles. The molecule has 0 aromatic carbocycles. The molecule has 2 fully saturated rings. The lowest BCUT2D eigenvalue weighted by Crippen LogP contribution is -2.50. The Morgan fingerprint density at radius 1 is 1.36 bits per heavy atom. The van der Waals surface area contributed by atoms with E-state index in [9.17, 15) is 5.11 Å². The summed E-state index contributed by atoms with van der Waals surface area (Å²) in [6, 6.07) is 0.810. The first-order valence-electron chi connectivity index (χ1n) is 9.10. The Balaban J connectivity index is 1.53. The summed E-state index contributed by atoms with van der Waals surface area (Å²) in [6.07, 6.45) is 11.4. The predicted molar refractivity (Wildman–Crippen MR) is 95.9 cm³/mol. The van der Waals surface area contributed by atoms with Crippen molar-refractivity contribution in [2.45, 2.75) is 63.4 Å². The van der Waals surface area contributed by atoms with Crippen LogP contribution in [-0.2, 0) is 25.7 Å². The second-order valence-electron chi connectivity index (χ2n) is 7.58. The van der Waals surface area contributed by atoms with E-state index < -0.39 is 5.60 Å². The number of fused-ring (bicyclic) bond motifs is 2. The van der Waals surface area contributed by atoms with Crippen molar-refractivity contribution in [3.05, 3.63) is 48.3 Å². The molecule has 1 N–H and O–H groups in total. The van der Waals surface area contributed by atoms with E-state index in [1.54, 1.807) is 6.20 Å². The van der Waals surface area contributed by atoms with Crippen molar-refractivity contribution in [3.63, 3.8) is 0 Å². The molecule has 0 unspecified atom stereocenters. The van der Waals surface area contributed by atoms with Gasteiger partial charge in [-0.15, -0.1) is 6.58 Å². The zero-order valence-corrected chi connectivity index (χ0v) is 15.1. The third kappa shape index (κ3) is 2.73. The molecule has 2 aliphatic rings. The maximum atomic E-state index is 11.3. The van der Waals surface area contributed by atoms with Gasteiger partial charge in [-0.05, 0) is 32.6 Å². The summed E-state index contributed by atoms with van der Waals surface area (Å²) in [6.45, 7) is 7.58. The van der Waals surface area contributed by atoms with Crippen molar-refractivity contribution in [1.29, 1.82) is 0 Å². The van der Waals surface area contributed by atoms with Crippen molar-refractivity contribution in [2.75, 3.05) is 0 Å². The number of rotatable bonds is 5. The van der Waals surface area contributed by atoms with Gasteiger partial charge in [0.15, 0.2) is 0 Å². The first-order chi connectivity index (χ1) is 12.0. The van der Waals surface area contributed by atoms with E-state index in [0.29, 0.717) is 12.1 Å². The molecule has 25 heavy (non-hydrogen) atoms. The third-order valence-electron chi connectivity index (χ3n) is 6.01. The Labute approximate surface area is 148 Å². The van der Waals surface area contributed by atoms with Gasteiger partial charge in [-0.25, -0.2) is 4.98 Å². The van der Waals surface area contributed by atoms with E-state index in [0.717, 1.165) is 44.6 Å². The molecule has 0 amide bonds. The fourth-order valence-corrected chi connectivity index (χ4v) is 4.71. The van der Waals surface area contributed by atoms with Gasteiger partial charge >= 0.3 is 0 Å². The molecule has 0 spiro atoms. The first-order valence-corrected chi connectivity index (χ1v) is 9.10. The molecule has 2 aromatic rings. The highest BCUT2D eigenvalue weighted by Gasteiger charge is 2.49. The van der Waals surface area contributed by atoms with E-state index in [4.69, 9.17) is 0 Å². The Hall–Kier alpha value is -1.92. The first kappa shape index (κ1) is 16.5. The van der Waals surface area contributed by atoms with Crippen LogP contribution in [-0.4, -0.2) is 41.4 Å². The van der Waals surface area contributed by atoms with Crippen LogP contribution in [0, 0.1) is 6.92 Å². The number of aromatic nitrogens is 4. The average Bonchev–Trinajstić information content (AvgIpc) is 3.22. The SMILES string of the molecule is C=CCn1ncc(CN2[C@@H]3CC[C@@H]2CC(O)(c2nccn2C)C3)c1C. The molecule has 2 aliphatic heterocycles. The van der Waals surface area contributed by atoms with Crippen LogP contribution in [0.1, 0.15) is 42.8 Å². The van der Waals surface area contributed by atoms with Gasteiger partial charge in [-0.3, -0.25) is 9.58 Å². The maximum Gasteiger partial charge on any atom is 0.140 e. The van der Waals surface area contributed by atoms with Gasteiger partial charge in [-0.1, -0.05) is 6.08 Å². The lowest BCUT2D eigenvalue weighted by Gasteiger charge is -2.43. The van der Waals surface area contributed by atoms with Crippen LogP contribution in [0.3, 0.4) is 0 Å². The fourth-order valence-electron chi connectivity index (χ4n) is 4.71. The molecule has 0 aliphatic carbocycles. The van der Waals surface area contributed by atoms with Crippen LogP contribution in [0.4, 0.5) is 0 Å². The summed E-state index contributed by atoms with van der Waals surface area (Å²) in [5.74, 6) is 0.805. The van der Waals surface area contributed by atoms with E-state index in [1.807, 2.05) is 34.8 Å². The number of aliphatic hydroxyl groups is 1. The number of nitrogens with zero attached hydrogens (tertiary/aromatic N) is 5. The number of hydrogen-bond acceptors (Lipinski definition) is 4. The summed E-state index contributed by atoms with van der Waals surface area (Å²) in [5.41, 5.74) is 1.69. The molecule has 6 heteroatoms. The van der Waals surface area contributed by atoms with Gasteiger partial charge in [-0.2, -0.15) is 5.10 Å². The quantitative estimate of drug-likeness (QED) is 0.847. The summed E-state index contributed by atoms with van der Waals surface area (Å²) >= 11 is 0. The van der Waals surface area contributed by atoms with E-state index >= 15 is 0 Å². The Bertz CT molecular complexity index is 763. The van der Waals surface area contributed by atoms with Crippen LogP contribution in [0.15, 0.2) is 31.2 Å². The highest BCUT2D eigenvalue weighted by molar-refractivity contribution is 5.19.